The van der Waals surface area contributed by atoms with E-state index in [1.165, 1.54) is 12.1 Å². The number of nitrogens with zero attached hydrogens (tertiary/aromatic N) is 1. The highest BCUT2D eigenvalue weighted by Crippen LogP contribution is 2.27. The van der Waals surface area contributed by atoms with Gasteiger partial charge in [-0.05, 0) is 24.6 Å². The van der Waals surface area contributed by atoms with Crippen LogP contribution in [0.2, 0.25) is 0 Å². The molecule has 0 unspecified atom stereocenters. The molecule has 0 saturated heterocycles. The van der Waals surface area contributed by atoms with Crippen molar-refractivity contribution < 1.29 is 18.7 Å². The lowest BCUT2D eigenvalue weighted by Crippen LogP contribution is -2.01. The van der Waals surface area contributed by atoms with Crippen LogP contribution in [0.5, 0.6) is 5.75 Å². The van der Waals surface area contributed by atoms with Crippen LogP contribution in [0, 0.1) is 5.82 Å². The van der Waals surface area contributed by atoms with Gasteiger partial charge in [0.25, 0.3) is 6.47 Å². The molecule has 2 aromatic rings. The molecule has 1 aromatic heterocycles. The normalized spacial score (nSPS) is 10.6. The van der Waals surface area contributed by atoms with Crippen LogP contribution in [0.25, 0.3) is 10.9 Å². The fourth-order valence-electron chi connectivity index (χ4n) is 2.07. The van der Waals surface area contributed by atoms with Crippen LogP contribution in [0.1, 0.15) is 31.9 Å². The van der Waals surface area contributed by atoms with Gasteiger partial charge in [-0.2, -0.15) is 0 Å². The summed E-state index contributed by atoms with van der Waals surface area (Å²) in [5.41, 5.74) is 1.19. The Kier molecular flexibility index (Phi) is 5.49. The number of aromatic nitrogens is 1. The van der Waals surface area contributed by atoms with Crippen molar-refractivity contribution in [2.45, 2.75) is 32.8 Å². The molecule has 0 N–H and O–H groups in total. The highest BCUT2D eigenvalue weighted by Gasteiger charge is 2.09. The summed E-state index contributed by atoms with van der Waals surface area (Å²) in [6.45, 7) is 3.13. The molecule has 0 aliphatic carbocycles. The second-order valence-corrected chi connectivity index (χ2v) is 4.74. The van der Waals surface area contributed by atoms with Crippen molar-refractivity contribution in [3.8, 4) is 5.75 Å². The minimum absolute atomic E-state index is 0.0716. The lowest BCUT2D eigenvalue weighted by molar-refractivity contribution is -0.129. The van der Waals surface area contributed by atoms with Gasteiger partial charge in [0.15, 0.2) is 0 Å². The predicted octanol–water partition coefficient (Wildman–Crippen LogP) is 3.62. The summed E-state index contributed by atoms with van der Waals surface area (Å²) in [4.78, 5) is 14.6. The summed E-state index contributed by atoms with van der Waals surface area (Å²) in [5, 5.41) is 0.626. The molecule has 1 aromatic carbocycles. The Labute approximate surface area is 122 Å². The van der Waals surface area contributed by atoms with Crippen LogP contribution in [0.4, 0.5) is 4.39 Å². The van der Waals surface area contributed by atoms with Crippen LogP contribution >= 0.6 is 0 Å². The Bertz CT molecular complexity index is 616. The smallest absolute Gasteiger partial charge is 0.293 e. The molecular formula is C16H18FNO3. The second kappa shape index (κ2) is 7.57. The largest absolute Gasteiger partial charge is 0.493 e. The Hall–Kier alpha value is -2.17. The molecule has 0 aliphatic rings. The quantitative estimate of drug-likeness (QED) is 0.550. The number of hydrogen-bond donors (Lipinski definition) is 0. The minimum Gasteiger partial charge on any atom is -0.493 e. The Morgan fingerprint density at radius 2 is 2.14 bits per heavy atom. The maximum atomic E-state index is 13.4. The number of carbonyl (C=O) groups is 1. The topological polar surface area (TPSA) is 48.4 Å². The molecule has 21 heavy (non-hydrogen) atoms. The maximum Gasteiger partial charge on any atom is 0.293 e. The summed E-state index contributed by atoms with van der Waals surface area (Å²) in [6, 6.07) is 6.04. The number of benzene rings is 1. The SMILES string of the molecule is CCCCCOc1cc(COC=O)nc2ccc(F)cc12. The van der Waals surface area contributed by atoms with E-state index in [9.17, 15) is 9.18 Å². The van der Waals surface area contributed by atoms with Gasteiger partial charge in [0.1, 0.15) is 18.2 Å². The van der Waals surface area contributed by atoms with Crippen molar-refractivity contribution in [1.82, 2.24) is 4.98 Å². The van der Waals surface area contributed by atoms with E-state index < -0.39 is 0 Å². The van der Waals surface area contributed by atoms with E-state index in [0.717, 1.165) is 19.3 Å². The van der Waals surface area contributed by atoms with Gasteiger partial charge in [0.2, 0.25) is 0 Å². The average Bonchev–Trinajstić information content (AvgIpc) is 2.49. The van der Waals surface area contributed by atoms with E-state index in [4.69, 9.17) is 9.47 Å². The summed E-state index contributed by atoms with van der Waals surface area (Å²) < 4.78 is 23.9. The van der Waals surface area contributed by atoms with Gasteiger partial charge in [-0.25, -0.2) is 9.37 Å². The van der Waals surface area contributed by atoms with E-state index in [-0.39, 0.29) is 12.4 Å². The van der Waals surface area contributed by atoms with Gasteiger partial charge in [-0.3, -0.25) is 4.79 Å². The average molecular weight is 291 g/mol. The third-order valence-corrected chi connectivity index (χ3v) is 3.09. The minimum atomic E-state index is -0.334. The fourth-order valence-corrected chi connectivity index (χ4v) is 2.07. The van der Waals surface area contributed by atoms with Crippen LogP contribution in [0.15, 0.2) is 24.3 Å². The van der Waals surface area contributed by atoms with Gasteiger partial charge < -0.3 is 9.47 Å². The molecule has 0 saturated carbocycles. The zero-order chi connectivity index (χ0) is 15.1. The summed E-state index contributed by atoms with van der Waals surface area (Å²) in [5.74, 6) is 0.236. The van der Waals surface area contributed by atoms with E-state index >= 15 is 0 Å². The van der Waals surface area contributed by atoms with Crippen molar-refractivity contribution >= 4 is 17.4 Å². The first-order chi connectivity index (χ1) is 10.2. The fraction of sp³-hybridized carbons (Fsp3) is 0.375. The number of hydrogen-bond acceptors (Lipinski definition) is 4. The van der Waals surface area contributed by atoms with Crippen LogP contribution in [0.3, 0.4) is 0 Å². The molecule has 2 rings (SSSR count). The molecule has 5 heteroatoms. The van der Waals surface area contributed by atoms with Gasteiger partial charge in [-0.1, -0.05) is 19.8 Å². The van der Waals surface area contributed by atoms with E-state index in [2.05, 4.69) is 11.9 Å². The molecular weight excluding hydrogens is 273 g/mol. The third-order valence-electron chi connectivity index (χ3n) is 3.09. The van der Waals surface area contributed by atoms with Crippen LogP contribution < -0.4 is 4.74 Å². The molecule has 0 aliphatic heterocycles. The summed E-state index contributed by atoms with van der Waals surface area (Å²) in [7, 11) is 0. The first-order valence-corrected chi connectivity index (χ1v) is 7.02. The lowest BCUT2D eigenvalue weighted by atomic mass is 10.1. The van der Waals surface area contributed by atoms with Crippen molar-refractivity contribution in [2.24, 2.45) is 0 Å². The molecule has 1 heterocycles. The Morgan fingerprint density at radius 3 is 2.90 bits per heavy atom. The predicted molar refractivity (Wildman–Crippen MR) is 77.6 cm³/mol. The van der Waals surface area contributed by atoms with E-state index in [0.29, 0.717) is 35.4 Å². The molecule has 0 atom stereocenters. The molecule has 0 bridgehead atoms. The van der Waals surface area contributed by atoms with Crippen LogP contribution in [-0.2, 0) is 16.1 Å². The van der Waals surface area contributed by atoms with Crippen LogP contribution in [-0.4, -0.2) is 18.1 Å². The molecule has 112 valence electrons. The third kappa shape index (κ3) is 4.15. The van der Waals surface area contributed by atoms with Gasteiger partial charge >= 0.3 is 0 Å². The molecule has 0 amide bonds. The van der Waals surface area contributed by atoms with E-state index in [1.807, 2.05) is 0 Å². The van der Waals surface area contributed by atoms with Crippen molar-refractivity contribution in [1.29, 1.82) is 0 Å². The summed E-state index contributed by atoms with van der Waals surface area (Å²) in [6.07, 6.45) is 3.13. The first-order valence-electron chi connectivity index (χ1n) is 7.02. The van der Waals surface area contributed by atoms with Crippen molar-refractivity contribution in [3.05, 3.63) is 35.8 Å². The van der Waals surface area contributed by atoms with Gasteiger partial charge in [0, 0.05) is 11.5 Å². The van der Waals surface area contributed by atoms with Crippen molar-refractivity contribution in [2.75, 3.05) is 6.61 Å². The zero-order valence-corrected chi connectivity index (χ0v) is 12.0. The van der Waals surface area contributed by atoms with Gasteiger partial charge in [-0.15, -0.1) is 0 Å². The highest BCUT2D eigenvalue weighted by atomic mass is 19.1. The monoisotopic (exact) mass is 291 g/mol. The number of fused-ring (bicyclic) bond motifs is 1. The second-order valence-electron chi connectivity index (χ2n) is 4.74. The number of halogens is 1. The standard InChI is InChI=1S/C16H18FNO3/c1-2-3-4-7-21-16-9-13(10-20-11-19)18-15-6-5-12(17)8-14(15)16/h5-6,8-9,11H,2-4,7,10H2,1H3. The lowest BCUT2D eigenvalue weighted by Gasteiger charge is -2.11. The van der Waals surface area contributed by atoms with Gasteiger partial charge in [0.05, 0.1) is 17.8 Å². The Balaban J connectivity index is 2.28. The maximum absolute atomic E-state index is 13.4. The molecule has 0 radical (unpaired) electrons. The molecule has 4 nitrogen and oxygen atoms in total. The number of rotatable bonds is 8. The number of pyridine rings is 1. The van der Waals surface area contributed by atoms with E-state index in [1.54, 1.807) is 12.1 Å². The Morgan fingerprint density at radius 1 is 1.29 bits per heavy atom. The molecule has 0 spiro atoms. The number of ether oxygens (including phenoxy) is 2. The summed E-state index contributed by atoms with van der Waals surface area (Å²) >= 11 is 0. The number of carbonyl (C=O) groups excluding carboxylic acids is 1. The highest BCUT2D eigenvalue weighted by molar-refractivity contribution is 5.85. The van der Waals surface area contributed by atoms with Crippen molar-refractivity contribution in [3.63, 3.8) is 0 Å². The molecule has 0 fully saturated rings. The zero-order valence-electron chi connectivity index (χ0n) is 12.0. The first kappa shape index (κ1) is 15.2. The number of unbranched alkanes of at least 4 members (excludes halogenated alkanes) is 2.